The SMILES string of the molecule is CC(C(=O)OC(C)(C)C)N(C)Cc1nccn1C. The van der Waals surface area contributed by atoms with E-state index in [1.165, 1.54) is 0 Å². The minimum Gasteiger partial charge on any atom is -0.459 e. The van der Waals surface area contributed by atoms with Gasteiger partial charge in [-0.25, -0.2) is 4.98 Å². The second-order valence-electron chi connectivity index (χ2n) is 5.58. The molecule has 0 N–H and O–H groups in total. The molecule has 1 heterocycles. The predicted octanol–water partition coefficient (Wildman–Crippen LogP) is 1.58. The average molecular weight is 253 g/mol. The minimum absolute atomic E-state index is 0.209. The fraction of sp³-hybridized carbons (Fsp3) is 0.692. The van der Waals surface area contributed by atoms with Crippen molar-refractivity contribution in [2.24, 2.45) is 7.05 Å². The Labute approximate surface area is 109 Å². The molecule has 1 atom stereocenters. The average Bonchev–Trinajstić information content (AvgIpc) is 2.60. The molecule has 0 bridgehead atoms. The van der Waals surface area contributed by atoms with Gasteiger partial charge in [-0.2, -0.15) is 0 Å². The zero-order chi connectivity index (χ0) is 13.9. The molecule has 0 aromatic carbocycles. The first-order valence-electron chi connectivity index (χ1n) is 6.10. The number of carbonyl (C=O) groups excluding carboxylic acids is 1. The van der Waals surface area contributed by atoms with Gasteiger partial charge in [-0.1, -0.05) is 0 Å². The molecule has 1 rings (SSSR count). The first kappa shape index (κ1) is 14.7. The Kier molecular flexibility index (Phi) is 4.51. The standard InChI is InChI=1S/C13H23N3O2/c1-10(12(17)18-13(2,3)4)16(6)9-11-14-7-8-15(11)5/h7-8,10H,9H2,1-6H3. The zero-order valence-corrected chi connectivity index (χ0v) is 12.1. The van der Waals surface area contributed by atoms with E-state index in [2.05, 4.69) is 4.98 Å². The number of ether oxygens (including phenoxy) is 1. The lowest BCUT2D eigenvalue weighted by molar-refractivity contribution is -0.160. The van der Waals surface area contributed by atoms with Crippen molar-refractivity contribution in [3.05, 3.63) is 18.2 Å². The Bertz CT molecular complexity index is 407. The van der Waals surface area contributed by atoms with E-state index in [-0.39, 0.29) is 12.0 Å². The highest BCUT2D eigenvalue weighted by atomic mass is 16.6. The molecule has 18 heavy (non-hydrogen) atoms. The van der Waals surface area contributed by atoms with Gasteiger partial charge in [-0.05, 0) is 34.7 Å². The molecule has 0 aliphatic carbocycles. The van der Waals surface area contributed by atoms with Crippen LogP contribution in [0.15, 0.2) is 12.4 Å². The summed E-state index contributed by atoms with van der Waals surface area (Å²) >= 11 is 0. The summed E-state index contributed by atoms with van der Waals surface area (Å²) in [5.74, 6) is 0.715. The van der Waals surface area contributed by atoms with Crippen LogP contribution >= 0.6 is 0 Å². The van der Waals surface area contributed by atoms with Crippen molar-refractivity contribution >= 4 is 5.97 Å². The lowest BCUT2D eigenvalue weighted by Gasteiger charge is -2.27. The fourth-order valence-electron chi connectivity index (χ4n) is 1.48. The van der Waals surface area contributed by atoms with Crippen molar-refractivity contribution in [3.63, 3.8) is 0 Å². The van der Waals surface area contributed by atoms with Gasteiger partial charge in [0, 0.05) is 19.4 Å². The number of imidazole rings is 1. The summed E-state index contributed by atoms with van der Waals surface area (Å²) in [6.45, 7) is 8.07. The van der Waals surface area contributed by atoms with E-state index in [0.29, 0.717) is 6.54 Å². The molecular weight excluding hydrogens is 230 g/mol. The first-order chi connectivity index (χ1) is 8.20. The maximum Gasteiger partial charge on any atom is 0.323 e. The molecule has 5 heteroatoms. The molecule has 0 spiro atoms. The van der Waals surface area contributed by atoms with E-state index in [0.717, 1.165) is 5.82 Å². The van der Waals surface area contributed by atoms with Crippen molar-refractivity contribution < 1.29 is 9.53 Å². The molecule has 5 nitrogen and oxygen atoms in total. The highest BCUT2D eigenvalue weighted by Crippen LogP contribution is 2.11. The number of hydrogen-bond donors (Lipinski definition) is 0. The summed E-state index contributed by atoms with van der Waals surface area (Å²) in [6.07, 6.45) is 3.64. The number of aryl methyl sites for hydroxylation is 1. The molecule has 0 radical (unpaired) electrons. The van der Waals surface area contributed by atoms with Gasteiger partial charge >= 0.3 is 5.97 Å². The summed E-state index contributed by atoms with van der Waals surface area (Å²) in [5.41, 5.74) is -0.449. The maximum atomic E-state index is 11.9. The van der Waals surface area contributed by atoms with E-state index in [4.69, 9.17) is 4.74 Å². The van der Waals surface area contributed by atoms with Gasteiger partial charge in [0.2, 0.25) is 0 Å². The van der Waals surface area contributed by atoms with Gasteiger partial charge in [0.1, 0.15) is 17.5 Å². The lowest BCUT2D eigenvalue weighted by Crippen LogP contribution is -2.40. The maximum absolute atomic E-state index is 11.9. The summed E-state index contributed by atoms with van der Waals surface area (Å²) < 4.78 is 7.31. The highest BCUT2D eigenvalue weighted by molar-refractivity contribution is 5.75. The Balaban J connectivity index is 2.59. The number of esters is 1. The van der Waals surface area contributed by atoms with E-state index in [9.17, 15) is 4.79 Å². The van der Waals surface area contributed by atoms with Crippen LogP contribution in [0.4, 0.5) is 0 Å². The molecule has 0 saturated heterocycles. The normalized spacial score (nSPS) is 13.7. The minimum atomic E-state index is -0.449. The van der Waals surface area contributed by atoms with Crippen LogP contribution in [0.1, 0.15) is 33.5 Å². The van der Waals surface area contributed by atoms with Crippen molar-refractivity contribution in [2.45, 2.75) is 45.9 Å². The van der Waals surface area contributed by atoms with Crippen LogP contribution in [0.25, 0.3) is 0 Å². The zero-order valence-electron chi connectivity index (χ0n) is 12.1. The van der Waals surface area contributed by atoms with E-state index < -0.39 is 5.60 Å². The number of hydrogen-bond acceptors (Lipinski definition) is 4. The summed E-state index contributed by atoms with van der Waals surface area (Å²) in [4.78, 5) is 18.1. The van der Waals surface area contributed by atoms with Gasteiger partial charge in [-0.15, -0.1) is 0 Å². The van der Waals surface area contributed by atoms with Gasteiger partial charge in [-0.3, -0.25) is 9.69 Å². The molecule has 0 saturated carbocycles. The van der Waals surface area contributed by atoms with E-state index in [1.807, 2.05) is 57.5 Å². The van der Waals surface area contributed by atoms with Crippen LogP contribution < -0.4 is 0 Å². The Morgan fingerprint density at radius 1 is 1.56 bits per heavy atom. The second-order valence-corrected chi connectivity index (χ2v) is 5.58. The van der Waals surface area contributed by atoms with Crippen LogP contribution in [-0.4, -0.2) is 39.1 Å². The predicted molar refractivity (Wildman–Crippen MR) is 70.0 cm³/mol. The van der Waals surface area contributed by atoms with Crippen LogP contribution in [-0.2, 0) is 23.1 Å². The molecule has 0 fully saturated rings. The summed E-state index contributed by atoms with van der Waals surface area (Å²) in [6, 6.07) is -0.291. The molecule has 1 aromatic rings. The van der Waals surface area contributed by atoms with E-state index >= 15 is 0 Å². The van der Waals surface area contributed by atoms with Crippen molar-refractivity contribution in [1.82, 2.24) is 14.5 Å². The van der Waals surface area contributed by atoms with Crippen molar-refractivity contribution in [3.8, 4) is 0 Å². The smallest absolute Gasteiger partial charge is 0.323 e. The molecule has 102 valence electrons. The Hall–Kier alpha value is -1.36. The molecule has 0 aliphatic rings. The van der Waals surface area contributed by atoms with Crippen LogP contribution in [0, 0.1) is 0 Å². The molecule has 1 unspecified atom stereocenters. The summed E-state index contributed by atoms with van der Waals surface area (Å²) in [5, 5.41) is 0. The van der Waals surface area contributed by atoms with Crippen molar-refractivity contribution in [1.29, 1.82) is 0 Å². The number of nitrogens with zero attached hydrogens (tertiary/aromatic N) is 3. The second kappa shape index (κ2) is 5.52. The molecule has 1 aromatic heterocycles. The van der Waals surface area contributed by atoms with Crippen molar-refractivity contribution in [2.75, 3.05) is 7.05 Å². The largest absolute Gasteiger partial charge is 0.459 e. The van der Waals surface area contributed by atoms with Crippen LogP contribution in [0.5, 0.6) is 0 Å². The third-order valence-electron chi connectivity index (χ3n) is 2.72. The van der Waals surface area contributed by atoms with Gasteiger partial charge in [0.15, 0.2) is 0 Å². The Morgan fingerprint density at radius 3 is 2.61 bits per heavy atom. The van der Waals surface area contributed by atoms with Crippen LogP contribution in [0.3, 0.4) is 0 Å². The number of likely N-dealkylation sites (N-methyl/N-ethyl adjacent to an activating group) is 1. The quantitative estimate of drug-likeness (QED) is 0.764. The number of rotatable bonds is 4. The number of aromatic nitrogens is 2. The van der Waals surface area contributed by atoms with Gasteiger partial charge in [0.25, 0.3) is 0 Å². The summed E-state index contributed by atoms with van der Waals surface area (Å²) in [7, 11) is 3.83. The monoisotopic (exact) mass is 253 g/mol. The lowest BCUT2D eigenvalue weighted by atomic mass is 10.2. The number of carbonyl (C=O) groups is 1. The first-order valence-corrected chi connectivity index (χ1v) is 6.10. The van der Waals surface area contributed by atoms with E-state index in [1.54, 1.807) is 6.20 Å². The Morgan fingerprint density at radius 2 is 2.17 bits per heavy atom. The van der Waals surface area contributed by atoms with Gasteiger partial charge in [0.05, 0.1) is 6.54 Å². The fourth-order valence-corrected chi connectivity index (χ4v) is 1.48. The third-order valence-corrected chi connectivity index (χ3v) is 2.72. The van der Waals surface area contributed by atoms with Gasteiger partial charge < -0.3 is 9.30 Å². The molecule has 0 amide bonds. The highest BCUT2D eigenvalue weighted by Gasteiger charge is 2.25. The third kappa shape index (κ3) is 4.14. The molecule has 0 aliphatic heterocycles. The molecular formula is C13H23N3O2. The topological polar surface area (TPSA) is 47.4 Å². The van der Waals surface area contributed by atoms with Crippen LogP contribution in [0.2, 0.25) is 0 Å².